The smallest absolute Gasteiger partial charge is 0.242 e. The molecular weight excluding hydrogens is 576 g/mol. The van der Waals surface area contributed by atoms with Crippen LogP contribution >= 0.6 is 0 Å². The molecule has 0 saturated heterocycles. The van der Waals surface area contributed by atoms with Crippen LogP contribution < -0.4 is 14.8 Å². The maximum atomic E-state index is 11.2. The first-order valence-corrected chi connectivity index (χ1v) is 15.2. The van der Waals surface area contributed by atoms with E-state index >= 15 is 0 Å². The summed E-state index contributed by atoms with van der Waals surface area (Å²) in [6.45, 7) is 13.3. The van der Waals surface area contributed by atoms with Crippen molar-refractivity contribution in [1.82, 2.24) is 10.2 Å². The minimum absolute atomic E-state index is 0.0417. The lowest BCUT2D eigenvalue weighted by molar-refractivity contribution is -0.131. The van der Waals surface area contributed by atoms with Crippen molar-refractivity contribution in [3.63, 3.8) is 0 Å². The third-order valence-corrected chi connectivity index (χ3v) is 6.09. The second kappa shape index (κ2) is 26.4. The van der Waals surface area contributed by atoms with Crippen molar-refractivity contribution in [2.75, 3.05) is 34.4 Å². The summed E-state index contributed by atoms with van der Waals surface area (Å²) in [6.07, 6.45) is 6.51. The van der Waals surface area contributed by atoms with Crippen LogP contribution in [-0.2, 0) is 19.1 Å². The van der Waals surface area contributed by atoms with E-state index in [2.05, 4.69) is 5.32 Å². The van der Waals surface area contributed by atoms with Gasteiger partial charge in [-0.3, -0.25) is 19.2 Å². The van der Waals surface area contributed by atoms with Gasteiger partial charge in [0.2, 0.25) is 12.3 Å². The third kappa shape index (κ3) is 21.3. The standard InChI is InChI=1S/C20H22O4.C8H14N2O3.C5H12O.C2H6/c1-16-13-20(10-7-18(16)15-22)24-12-4-2-3-11-23-19-8-5-17(14-21)6-9-19;1-9-8(13)7(4-3-5-11)10(2)6-12;1-5(2,3)6-4;1-2/h5-10,13-15H,2-4,11-12H2,1H3;5-7H,3-4H2,1-2H3,(H,9,13);1-4H3;1-2H3. The van der Waals surface area contributed by atoms with Gasteiger partial charge in [0, 0.05) is 38.8 Å². The number of ether oxygens (including phenoxy) is 3. The predicted octanol–water partition coefficient (Wildman–Crippen LogP) is 5.87. The lowest BCUT2D eigenvalue weighted by atomic mass is 10.1. The molecule has 2 rings (SSSR count). The highest BCUT2D eigenvalue weighted by Crippen LogP contribution is 2.17. The molecule has 2 aromatic carbocycles. The molecule has 0 heterocycles. The SMILES string of the molecule is CC.CNC(=O)C(CCC=O)N(C)C=O.COC(C)(C)C.Cc1cc(OCCCCCOc2ccc(C=O)cc2)ccc1C=O. The van der Waals surface area contributed by atoms with E-state index in [0.717, 1.165) is 55.2 Å². The van der Waals surface area contributed by atoms with Crippen molar-refractivity contribution >= 4 is 31.2 Å². The first-order chi connectivity index (χ1) is 21.5. The number of methoxy groups -OCH3 is 1. The molecule has 0 radical (unpaired) electrons. The van der Waals surface area contributed by atoms with Gasteiger partial charge in [-0.2, -0.15) is 0 Å². The minimum atomic E-state index is -0.548. The number of hydrogen-bond donors (Lipinski definition) is 1. The van der Waals surface area contributed by atoms with E-state index in [4.69, 9.17) is 14.2 Å². The van der Waals surface area contributed by atoms with E-state index in [-0.39, 0.29) is 17.9 Å². The molecule has 0 bridgehead atoms. The zero-order chi connectivity index (χ0) is 34.7. The zero-order valence-corrected chi connectivity index (χ0v) is 28.6. The number of carbonyl (C=O) groups is 5. The molecule has 10 heteroatoms. The fourth-order valence-corrected chi connectivity index (χ4v) is 3.26. The molecule has 252 valence electrons. The third-order valence-electron chi connectivity index (χ3n) is 6.09. The van der Waals surface area contributed by atoms with Crippen LogP contribution in [0, 0.1) is 6.92 Å². The molecule has 0 fully saturated rings. The highest BCUT2D eigenvalue weighted by molar-refractivity contribution is 5.83. The fraction of sp³-hybridized carbons (Fsp3) is 0.514. The first-order valence-electron chi connectivity index (χ1n) is 15.2. The Bertz CT molecular complexity index is 1100. The number of nitrogens with zero attached hydrogens (tertiary/aromatic N) is 1. The Hall–Kier alpha value is -4.05. The summed E-state index contributed by atoms with van der Waals surface area (Å²) >= 11 is 0. The molecule has 2 amide bonds. The van der Waals surface area contributed by atoms with Gasteiger partial charge in [0.25, 0.3) is 0 Å². The van der Waals surface area contributed by atoms with Gasteiger partial charge in [0.15, 0.2) is 0 Å². The number of carbonyl (C=O) groups excluding carboxylic acids is 5. The molecule has 2 aromatic rings. The van der Waals surface area contributed by atoms with Crippen LogP contribution in [-0.4, -0.2) is 82.1 Å². The van der Waals surface area contributed by atoms with Crippen molar-refractivity contribution < 1.29 is 38.2 Å². The van der Waals surface area contributed by atoms with Gasteiger partial charge in [-0.15, -0.1) is 0 Å². The summed E-state index contributed by atoms with van der Waals surface area (Å²) in [5.74, 6) is 1.32. The van der Waals surface area contributed by atoms with Gasteiger partial charge in [-0.05, 0) is 101 Å². The minimum Gasteiger partial charge on any atom is -0.494 e. The average molecular weight is 631 g/mol. The predicted molar refractivity (Wildman–Crippen MR) is 178 cm³/mol. The Kier molecular flexibility index (Phi) is 25.2. The van der Waals surface area contributed by atoms with Crippen molar-refractivity contribution in [3.05, 3.63) is 59.2 Å². The number of unbranched alkanes of at least 4 members (excludes halogenated alkanes) is 2. The number of benzene rings is 2. The van der Waals surface area contributed by atoms with Crippen molar-refractivity contribution in [3.8, 4) is 11.5 Å². The van der Waals surface area contributed by atoms with E-state index in [0.29, 0.717) is 37.2 Å². The maximum absolute atomic E-state index is 11.2. The maximum Gasteiger partial charge on any atom is 0.242 e. The monoisotopic (exact) mass is 630 g/mol. The van der Waals surface area contributed by atoms with E-state index in [9.17, 15) is 24.0 Å². The molecule has 0 aromatic heterocycles. The number of hydrogen-bond acceptors (Lipinski definition) is 8. The normalized spacial score (nSPS) is 10.5. The van der Waals surface area contributed by atoms with Gasteiger partial charge >= 0.3 is 0 Å². The summed E-state index contributed by atoms with van der Waals surface area (Å²) in [6, 6.07) is 12.0. The Labute approximate surface area is 269 Å². The van der Waals surface area contributed by atoms with Gasteiger partial charge in [-0.1, -0.05) is 13.8 Å². The molecule has 0 aliphatic carbocycles. The van der Waals surface area contributed by atoms with Crippen LogP contribution in [0.2, 0.25) is 0 Å². The molecule has 10 nitrogen and oxygen atoms in total. The molecule has 1 atom stereocenters. The zero-order valence-electron chi connectivity index (χ0n) is 28.6. The van der Waals surface area contributed by atoms with Crippen LogP contribution in [0.1, 0.15) is 93.0 Å². The molecule has 1 N–H and O–H groups in total. The van der Waals surface area contributed by atoms with Crippen LogP contribution in [0.4, 0.5) is 0 Å². The van der Waals surface area contributed by atoms with Crippen molar-refractivity contribution in [1.29, 1.82) is 0 Å². The highest BCUT2D eigenvalue weighted by Gasteiger charge is 2.20. The van der Waals surface area contributed by atoms with Crippen molar-refractivity contribution in [2.24, 2.45) is 0 Å². The van der Waals surface area contributed by atoms with E-state index in [1.807, 2.05) is 53.7 Å². The van der Waals surface area contributed by atoms with Crippen LogP contribution in [0.3, 0.4) is 0 Å². The van der Waals surface area contributed by atoms with E-state index in [1.54, 1.807) is 37.4 Å². The molecule has 1 unspecified atom stereocenters. The molecule has 0 spiro atoms. The van der Waals surface area contributed by atoms with Crippen molar-refractivity contribution in [2.45, 2.75) is 85.3 Å². The average Bonchev–Trinajstić information content (AvgIpc) is 3.05. The van der Waals surface area contributed by atoms with Gasteiger partial charge in [-0.25, -0.2) is 0 Å². The van der Waals surface area contributed by atoms with Gasteiger partial charge in [0.05, 0.1) is 18.8 Å². The Morgan fingerprint density at radius 1 is 0.889 bits per heavy atom. The Morgan fingerprint density at radius 3 is 1.84 bits per heavy atom. The molecule has 0 aliphatic heterocycles. The summed E-state index contributed by atoms with van der Waals surface area (Å²) in [5.41, 5.74) is 2.31. The summed E-state index contributed by atoms with van der Waals surface area (Å²) in [7, 11) is 4.71. The Morgan fingerprint density at radius 2 is 1.42 bits per heavy atom. The quantitative estimate of drug-likeness (QED) is 0.180. The largest absolute Gasteiger partial charge is 0.494 e. The number of aldehydes is 3. The first kappa shape index (κ1) is 43.1. The molecule has 0 aliphatic rings. The second-order valence-electron chi connectivity index (χ2n) is 10.5. The fourth-order valence-electron chi connectivity index (χ4n) is 3.26. The summed E-state index contributed by atoms with van der Waals surface area (Å²) in [4.78, 5) is 54.3. The number of amides is 2. The Balaban J connectivity index is 0. The van der Waals surface area contributed by atoms with Crippen LogP contribution in [0.5, 0.6) is 11.5 Å². The van der Waals surface area contributed by atoms with Gasteiger partial charge < -0.3 is 29.2 Å². The summed E-state index contributed by atoms with van der Waals surface area (Å²) < 4.78 is 16.2. The molecule has 0 saturated carbocycles. The lowest BCUT2D eigenvalue weighted by Crippen LogP contribution is -2.43. The topological polar surface area (TPSA) is 128 Å². The van der Waals surface area contributed by atoms with Crippen LogP contribution in [0.15, 0.2) is 42.5 Å². The second-order valence-corrected chi connectivity index (χ2v) is 10.5. The van der Waals surface area contributed by atoms with Crippen LogP contribution in [0.25, 0.3) is 0 Å². The number of nitrogens with one attached hydrogen (secondary N) is 1. The van der Waals surface area contributed by atoms with E-state index < -0.39 is 6.04 Å². The lowest BCUT2D eigenvalue weighted by Gasteiger charge is -2.21. The summed E-state index contributed by atoms with van der Waals surface area (Å²) in [5, 5.41) is 2.43. The number of aryl methyl sites for hydroxylation is 1. The number of rotatable bonds is 16. The molecule has 45 heavy (non-hydrogen) atoms. The van der Waals surface area contributed by atoms with Gasteiger partial charge in [0.1, 0.15) is 36.4 Å². The number of likely N-dealkylation sites (N-methyl/N-ethyl adjacent to an activating group) is 2. The highest BCUT2D eigenvalue weighted by atomic mass is 16.5. The molecular formula is C35H54N2O8. The van der Waals surface area contributed by atoms with E-state index in [1.165, 1.54) is 19.0 Å².